The zero-order valence-corrected chi connectivity index (χ0v) is 11.8. The van der Waals surface area contributed by atoms with E-state index in [1.807, 2.05) is 12.1 Å². The smallest absolute Gasteiger partial charge is 0.273 e. The summed E-state index contributed by atoms with van der Waals surface area (Å²) >= 11 is 0. The van der Waals surface area contributed by atoms with Gasteiger partial charge in [-0.3, -0.25) is 10.1 Å². The lowest BCUT2D eigenvalue weighted by molar-refractivity contribution is -0.385. The predicted octanol–water partition coefficient (Wildman–Crippen LogP) is 3.76. The normalized spacial score (nSPS) is 14.1. The fourth-order valence-electron chi connectivity index (χ4n) is 2.66. The summed E-state index contributed by atoms with van der Waals surface area (Å²) in [6.45, 7) is 1.26. The standard InChI is InChI=1S/C17H18N2O2/c20-19(21)17-8-4-2-6-15(17)12-18-11-14-5-1-3-7-16(14)13-9-10-13/h1-8,13,18H,9-12H2. The number of nitrogens with zero attached hydrogens (tertiary/aromatic N) is 1. The van der Waals surface area contributed by atoms with E-state index in [4.69, 9.17) is 0 Å². The molecule has 1 saturated carbocycles. The van der Waals surface area contributed by atoms with Crippen LogP contribution in [0.25, 0.3) is 0 Å². The van der Waals surface area contributed by atoms with Crippen LogP contribution in [0.3, 0.4) is 0 Å². The molecule has 3 rings (SSSR count). The van der Waals surface area contributed by atoms with Crippen LogP contribution >= 0.6 is 0 Å². The number of benzene rings is 2. The molecule has 1 N–H and O–H groups in total. The van der Waals surface area contributed by atoms with Crippen molar-refractivity contribution in [2.24, 2.45) is 0 Å². The summed E-state index contributed by atoms with van der Waals surface area (Å²) in [7, 11) is 0. The van der Waals surface area contributed by atoms with Crippen LogP contribution in [0.5, 0.6) is 0 Å². The highest BCUT2D eigenvalue weighted by Gasteiger charge is 2.25. The molecule has 108 valence electrons. The van der Waals surface area contributed by atoms with Crippen molar-refractivity contribution < 1.29 is 4.92 Å². The minimum Gasteiger partial charge on any atom is -0.308 e. The largest absolute Gasteiger partial charge is 0.308 e. The molecule has 0 atom stereocenters. The van der Waals surface area contributed by atoms with Crippen LogP contribution < -0.4 is 5.32 Å². The molecule has 0 unspecified atom stereocenters. The number of hydrogen-bond acceptors (Lipinski definition) is 3. The summed E-state index contributed by atoms with van der Waals surface area (Å²) in [6.07, 6.45) is 2.56. The van der Waals surface area contributed by atoms with Gasteiger partial charge in [0.1, 0.15) is 0 Å². The first-order valence-electron chi connectivity index (χ1n) is 7.26. The maximum absolute atomic E-state index is 11.0. The second kappa shape index (κ2) is 6.06. The molecule has 4 nitrogen and oxygen atoms in total. The molecule has 1 aliphatic carbocycles. The zero-order valence-electron chi connectivity index (χ0n) is 11.8. The Labute approximate surface area is 124 Å². The molecule has 0 spiro atoms. The highest BCUT2D eigenvalue weighted by Crippen LogP contribution is 2.41. The van der Waals surface area contributed by atoms with Crippen molar-refractivity contribution in [1.29, 1.82) is 0 Å². The molecular formula is C17H18N2O2. The maximum Gasteiger partial charge on any atom is 0.273 e. The van der Waals surface area contributed by atoms with E-state index >= 15 is 0 Å². The van der Waals surface area contributed by atoms with Crippen LogP contribution in [-0.4, -0.2) is 4.92 Å². The van der Waals surface area contributed by atoms with Crippen molar-refractivity contribution in [3.8, 4) is 0 Å². The van der Waals surface area contributed by atoms with Gasteiger partial charge in [-0.15, -0.1) is 0 Å². The summed E-state index contributed by atoms with van der Waals surface area (Å²) in [4.78, 5) is 10.7. The van der Waals surface area contributed by atoms with Gasteiger partial charge in [-0.1, -0.05) is 42.5 Å². The summed E-state index contributed by atoms with van der Waals surface area (Å²) in [5, 5.41) is 14.3. The van der Waals surface area contributed by atoms with Crippen LogP contribution in [0.4, 0.5) is 5.69 Å². The van der Waals surface area contributed by atoms with Gasteiger partial charge in [0, 0.05) is 24.7 Å². The van der Waals surface area contributed by atoms with E-state index in [2.05, 4.69) is 23.5 Å². The topological polar surface area (TPSA) is 55.2 Å². The number of nitro groups is 1. The minimum atomic E-state index is -0.324. The Bertz CT molecular complexity index is 651. The Kier molecular flexibility index (Phi) is 3.97. The van der Waals surface area contributed by atoms with Gasteiger partial charge in [-0.2, -0.15) is 0 Å². The van der Waals surface area contributed by atoms with E-state index < -0.39 is 0 Å². The molecule has 0 bridgehead atoms. The Balaban J connectivity index is 1.66. The lowest BCUT2D eigenvalue weighted by Gasteiger charge is -2.10. The van der Waals surface area contributed by atoms with Crippen molar-refractivity contribution in [2.45, 2.75) is 31.8 Å². The molecule has 0 amide bonds. The molecule has 0 saturated heterocycles. The van der Waals surface area contributed by atoms with E-state index in [1.165, 1.54) is 24.0 Å². The molecular weight excluding hydrogens is 264 g/mol. The van der Waals surface area contributed by atoms with Crippen LogP contribution in [0.2, 0.25) is 0 Å². The van der Waals surface area contributed by atoms with E-state index in [0.717, 1.165) is 12.1 Å². The number of nitrogens with one attached hydrogen (secondary N) is 1. The van der Waals surface area contributed by atoms with Gasteiger partial charge in [0.25, 0.3) is 5.69 Å². The molecule has 1 aliphatic rings. The Morgan fingerprint density at radius 3 is 2.33 bits per heavy atom. The lowest BCUT2D eigenvalue weighted by Crippen LogP contribution is -2.14. The average Bonchev–Trinajstić information content (AvgIpc) is 3.33. The lowest BCUT2D eigenvalue weighted by atomic mass is 10.0. The molecule has 0 aromatic heterocycles. The number of rotatable bonds is 6. The van der Waals surface area contributed by atoms with Crippen LogP contribution in [0, 0.1) is 10.1 Å². The molecule has 1 fully saturated rings. The first-order chi connectivity index (χ1) is 10.3. The molecule has 0 radical (unpaired) electrons. The third kappa shape index (κ3) is 3.28. The second-order valence-electron chi connectivity index (χ2n) is 5.46. The molecule has 2 aromatic carbocycles. The first kappa shape index (κ1) is 13.8. The summed E-state index contributed by atoms with van der Waals surface area (Å²) in [5.41, 5.74) is 3.64. The van der Waals surface area contributed by atoms with Gasteiger partial charge in [0.05, 0.1) is 4.92 Å². The fourth-order valence-corrected chi connectivity index (χ4v) is 2.66. The highest BCUT2D eigenvalue weighted by atomic mass is 16.6. The SMILES string of the molecule is O=[N+]([O-])c1ccccc1CNCc1ccccc1C1CC1. The Hall–Kier alpha value is -2.20. The van der Waals surface area contributed by atoms with Crippen molar-refractivity contribution in [3.63, 3.8) is 0 Å². The molecule has 21 heavy (non-hydrogen) atoms. The van der Waals surface area contributed by atoms with E-state index in [-0.39, 0.29) is 10.6 Å². The maximum atomic E-state index is 11.0. The van der Waals surface area contributed by atoms with Crippen LogP contribution in [0.15, 0.2) is 48.5 Å². The quantitative estimate of drug-likeness (QED) is 0.648. The van der Waals surface area contributed by atoms with Crippen molar-refractivity contribution in [3.05, 3.63) is 75.3 Å². The van der Waals surface area contributed by atoms with Gasteiger partial charge < -0.3 is 5.32 Å². The third-order valence-electron chi connectivity index (χ3n) is 3.89. The third-order valence-corrected chi connectivity index (χ3v) is 3.89. The van der Waals surface area contributed by atoms with E-state index in [1.54, 1.807) is 18.2 Å². The van der Waals surface area contributed by atoms with E-state index in [0.29, 0.717) is 12.5 Å². The monoisotopic (exact) mass is 282 g/mol. The second-order valence-corrected chi connectivity index (χ2v) is 5.46. The Morgan fingerprint density at radius 1 is 1.00 bits per heavy atom. The highest BCUT2D eigenvalue weighted by molar-refractivity contribution is 5.39. The summed E-state index contributed by atoms with van der Waals surface area (Å²) < 4.78 is 0. The first-order valence-corrected chi connectivity index (χ1v) is 7.26. The van der Waals surface area contributed by atoms with Crippen molar-refractivity contribution in [2.75, 3.05) is 0 Å². The van der Waals surface area contributed by atoms with Gasteiger partial charge >= 0.3 is 0 Å². The minimum absolute atomic E-state index is 0.181. The van der Waals surface area contributed by atoms with Gasteiger partial charge in [-0.05, 0) is 29.9 Å². The molecule has 0 aliphatic heterocycles. The van der Waals surface area contributed by atoms with Crippen LogP contribution in [0.1, 0.15) is 35.4 Å². The summed E-state index contributed by atoms with van der Waals surface area (Å²) in [5.74, 6) is 0.717. The number of hydrogen-bond donors (Lipinski definition) is 1. The van der Waals surface area contributed by atoms with E-state index in [9.17, 15) is 10.1 Å². The van der Waals surface area contributed by atoms with Gasteiger partial charge in [-0.25, -0.2) is 0 Å². The molecule has 2 aromatic rings. The van der Waals surface area contributed by atoms with Crippen molar-refractivity contribution in [1.82, 2.24) is 5.32 Å². The van der Waals surface area contributed by atoms with Gasteiger partial charge in [0.15, 0.2) is 0 Å². The summed E-state index contributed by atoms with van der Waals surface area (Å²) in [6, 6.07) is 15.4. The zero-order chi connectivity index (χ0) is 14.7. The van der Waals surface area contributed by atoms with Crippen molar-refractivity contribution >= 4 is 5.69 Å². The van der Waals surface area contributed by atoms with Crippen LogP contribution in [-0.2, 0) is 13.1 Å². The predicted molar refractivity (Wildman–Crippen MR) is 82.1 cm³/mol. The fraction of sp³-hybridized carbons (Fsp3) is 0.294. The molecule has 0 heterocycles. The number of nitro benzene ring substituents is 1. The number of para-hydroxylation sites is 1. The van der Waals surface area contributed by atoms with Gasteiger partial charge in [0.2, 0.25) is 0 Å². The average molecular weight is 282 g/mol. The molecule has 4 heteroatoms. The Morgan fingerprint density at radius 2 is 1.62 bits per heavy atom.